The van der Waals surface area contributed by atoms with Gasteiger partial charge in [0.1, 0.15) is 0 Å². The molecule has 4 nitrogen and oxygen atoms in total. The van der Waals surface area contributed by atoms with Crippen LogP contribution >= 0.6 is 0 Å². The molecular weight excluding hydrogens is 252 g/mol. The normalized spacial score (nSPS) is 10.8. The summed E-state index contributed by atoms with van der Waals surface area (Å²) in [4.78, 5) is 11.6. The van der Waals surface area contributed by atoms with Gasteiger partial charge in [-0.1, -0.05) is 26.0 Å². The largest absolute Gasteiger partial charge is 0.399 e. The van der Waals surface area contributed by atoms with Crippen molar-refractivity contribution >= 4 is 11.6 Å². The molecule has 0 heterocycles. The number of carbonyl (C=O) groups is 1. The molecule has 1 aromatic carbocycles. The van der Waals surface area contributed by atoms with E-state index in [1.807, 2.05) is 24.3 Å². The molecule has 0 atom stereocenters. The molecule has 1 aromatic rings. The Labute approximate surface area is 121 Å². The van der Waals surface area contributed by atoms with Crippen LogP contribution in [0.25, 0.3) is 0 Å². The summed E-state index contributed by atoms with van der Waals surface area (Å²) in [5.41, 5.74) is 7.52. The first kappa shape index (κ1) is 16.5. The van der Waals surface area contributed by atoms with Crippen LogP contribution in [0.5, 0.6) is 0 Å². The summed E-state index contributed by atoms with van der Waals surface area (Å²) in [5, 5.41) is 2.86. The lowest BCUT2D eigenvalue weighted by Crippen LogP contribution is -2.27. The van der Waals surface area contributed by atoms with E-state index in [9.17, 15) is 4.79 Å². The number of amides is 1. The Balaban J connectivity index is 2.06. The van der Waals surface area contributed by atoms with Crippen LogP contribution < -0.4 is 11.1 Å². The van der Waals surface area contributed by atoms with Crippen molar-refractivity contribution in [3.8, 4) is 0 Å². The van der Waals surface area contributed by atoms with Crippen LogP contribution in [0.2, 0.25) is 0 Å². The van der Waals surface area contributed by atoms with Crippen molar-refractivity contribution in [2.75, 3.05) is 25.5 Å². The van der Waals surface area contributed by atoms with Crippen LogP contribution in [-0.4, -0.2) is 25.7 Å². The smallest absolute Gasteiger partial charge is 0.220 e. The zero-order valence-corrected chi connectivity index (χ0v) is 12.5. The second-order valence-corrected chi connectivity index (χ2v) is 5.39. The molecule has 0 saturated carbocycles. The monoisotopic (exact) mass is 278 g/mol. The maximum absolute atomic E-state index is 11.6. The number of nitrogen functional groups attached to an aromatic ring is 1. The minimum atomic E-state index is 0.0554. The fraction of sp³-hybridized carbons (Fsp3) is 0.562. The molecule has 0 fully saturated rings. The predicted molar refractivity (Wildman–Crippen MR) is 82.5 cm³/mol. The van der Waals surface area contributed by atoms with Gasteiger partial charge in [0.2, 0.25) is 5.91 Å². The van der Waals surface area contributed by atoms with Crippen molar-refractivity contribution in [3.63, 3.8) is 0 Å². The fourth-order valence-corrected chi connectivity index (χ4v) is 1.78. The highest BCUT2D eigenvalue weighted by Crippen LogP contribution is 2.08. The van der Waals surface area contributed by atoms with E-state index in [0.29, 0.717) is 31.9 Å². The van der Waals surface area contributed by atoms with Crippen LogP contribution in [0.3, 0.4) is 0 Å². The third-order valence-electron chi connectivity index (χ3n) is 3.00. The second kappa shape index (κ2) is 9.37. The Morgan fingerprint density at radius 3 is 2.85 bits per heavy atom. The van der Waals surface area contributed by atoms with Gasteiger partial charge in [-0.05, 0) is 36.5 Å². The molecule has 3 N–H and O–H groups in total. The van der Waals surface area contributed by atoms with Crippen molar-refractivity contribution < 1.29 is 9.53 Å². The number of anilines is 1. The summed E-state index contributed by atoms with van der Waals surface area (Å²) in [7, 11) is 0. The lowest BCUT2D eigenvalue weighted by molar-refractivity contribution is -0.121. The predicted octanol–water partition coefficient (Wildman–Crippen LogP) is 2.38. The maximum Gasteiger partial charge on any atom is 0.220 e. The molecule has 0 saturated heterocycles. The molecule has 0 aliphatic rings. The number of nitrogens with one attached hydrogen (secondary N) is 1. The van der Waals surface area contributed by atoms with Crippen LogP contribution in [0.1, 0.15) is 32.3 Å². The number of benzene rings is 1. The number of aryl methyl sites for hydroxylation is 1. The van der Waals surface area contributed by atoms with Crippen molar-refractivity contribution in [1.29, 1.82) is 0 Å². The minimum absolute atomic E-state index is 0.0554. The Hall–Kier alpha value is -1.55. The first-order valence-corrected chi connectivity index (χ1v) is 7.27. The average Bonchev–Trinajstić information content (AvgIpc) is 2.40. The third-order valence-corrected chi connectivity index (χ3v) is 3.00. The van der Waals surface area contributed by atoms with Gasteiger partial charge >= 0.3 is 0 Å². The standard InChI is InChI=1S/C16H26N2O2/c1-13(2)8-10-20-11-9-18-16(19)7-6-14-4-3-5-15(17)12-14/h3-5,12-13H,6-11,17H2,1-2H3,(H,18,19). The molecule has 0 unspecified atom stereocenters. The number of rotatable bonds is 9. The van der Waals surface area contributed by atoms with Gasteiger partial charge in [0.05, 0.1) is 6.61 Å². The van der Waals surface area contributed by atoms with Crippen LogP contribution in [-0.2, 0) is 16.0 Å². The lowest BCUT2D eigenvalue weighted by Gasteiger charge is -2.08. The highest BCUT2D eigenvalue weighted by Gasteiger charge is 2.02. The highest BCUT2D eigenvalue weighted by molar-refractivity contribution is 5.76. The van der Waals surface area contributed by atoms with Gasteiger partial charge in [-0.3, -0.25) is 4.79 Å². The Morgan fingerprint density at radius 2 is 2.15 bits per heavy atom. The number of carbonyl (C=O) groups excluding carboxylic acids is 1. The van der Waals surface area contributed by atoms with Gasteiger partial charge in [-0.2, -0.15) is 0 Å². The molecular formula is C16H26N2O2. The summed E-state index contributed by atoms with van der Waals surface area (Å²) in [5.74, 6) is 0.711. The molecule has 1 amide bonds. The number of hydrogen-bond acceptors (Lipinski definition) is 3. The molecule has 1 rings (SSSR count). The molecule has 0 spiro atoms. The highest BCUT2D eigenvalue weighted by atomic mass is 16.5. The average molecular weight is 278 g/mol. The zero-order valence-electron chi connectivity index (χ0n) is 12.5. The van der Waals surface area contributed by atoms with Crippen LogP contribution in [0, 0.1) is 5.92 Å². The summed E-state index contributed by atoms with van der Waals surface area (Å²) in [6.45, 7) is 6.25. The molecule has 0 aromatic heterocycles. The van der Waals surface area contributed by atoms with Gasteiger partial charge in [-0.25, -0.2) is 0 Å². The van der Waals surface area contributed by atoms with Gasteiger partial charge in [0.15, 0.2) is 0 Å². The fourth-order valence-electron chi connectivity index (χ4n) is 1.78. The molecule has 0 radical (unpaired) electrons. The molecule has 0 aliphatic heterocycles. The minimum Gasteiger partial charge on any atom is -0.399 e. The van der Waals surface area contributed by atoms with Crippen LogP contribution in [0.4, 0.5) is 5.69 Å². The first-order chi connectivity index (χ1) is 9.58. The lowest BCUT2D eigenvalue weighted by atomic mass is 10.1. The van der Waals surface area contributed by atoms with Gasteiger partial charge in [0, 0.05) is 25.3 Å². The van der Waals surface area contributed by atoms with Crippen molar-refractivity contribution in [3.05, 3.63) is 29.8 Å². The molecule has 20 heavy (non-hydrogen) atoms. The first-order valence-electron chi connectivity index (χ1n) is 7.27. The zero-order chi connectivity index (χ0) is 14.8. The van der Waals surface area contributed by atoms with Crippen molar-refractivity contribution in [2.24, 2.45) is 5.92 Å². The number of nitrogens with two attached hydrogens (primary N) is 1. The maximum atomic E-state index is 11.6. The molecule has 4 heteroatoms. The Kier molecular flexibility index (Phi) is 7.73. The van der Waals surface area contributed by atoms with Gasteiger partial charge in [0.25, 0.3) is 0 Å². The summed E-state index contributed by atoms with van der Waals surface area (Å²) in [6.07, 6.45) is 2.25. The Bertz CT molecular complexity index is 405. The molecule has 112 valence electrons. The summed E-state index contributed by atoms with van der Waals surface area (Å²) >= 11 is 0. The number of hydrogen-bond donors (Lipinski definition) is 2. The van der Waals surface area contributed by atoms with E-state index < -0.39 is 0 Å². The van der Waals surface area contributed by atoms with Gasteiger partial charge in [-0.15, -0.1) is 0 Å². The van der Waals surface area contributed by atoms with E-state index in [1.165, 1.54) is 0 Å². The number of ether oxygens (including phenoxy) is 1. The molecule has 0 aliphatic carbocycles. The van der Waals surface area contributed by atoms with E-state index in [4.69, 9.17) is 10.5 Å². The van der Waals surface area contributed by atoms with E-state index in [0.717, 1.165) is 24.3 Å². The van der Waals surface area contributed by atoms with E-state index in [1.54, 1.807) is 0 Å². The van der Waals surface area contributed by atoms with Crippen LogP contribution in [0.15, 0.2) is 24.3 Å². The van der Waals surface area contributed by atoms with Crippen molar-refractivity contribution in [1.82, 2.24) is 5.32 Å². The topological polar surface area (TPSA) is 64.3 Å². The van der Waals surface area contributed by atoms with E-state index >= 15 is 0 Å². The van der Waals surface area contributed by atoms with E-state index in [2.05, 4.69) is 19.2 Å². The Morgan fingerprint density at radius 1 is 1.35 bits per heavy atom. The summed E-state index contributed by atoms with van der Waals surface area (Å²) in [6, 6.07) is 7.64. The van der Waals surface area contributed by atoms with Crippen molar-refractivity contribution in [2.45, 2.75) is 33.1 Å². The quantitative estimate of drug-likeness (QED) is 0.538. The summed E-state index contributed by atoms with van der Waals surface area (Å²) < 4.78 is 5.44. The SMILES string of the molecule is CC(C)CCOCCNC(=O)CCc1cccc(N)c1. The van der Waals surface area contributed by atoms with Gasteiger partial charge < -0.3 is 15.8 Å². The van der Waals surface area contributed by atoms with E-state index in [-0.39, 0.29) is 5.91 Å². The second-order valence-electron chi connectivity index (χ2n) is 5.39. The third kappa shape index (κ3) is 7.79. The molecule has 0 bridgehead atoms.